The second-order valence-corrected chi connectivity index (χ2v) is 5.06. The molecule has 2 aromatic rings. The molecular formula is C17H17NO2. The highest BCUT2D eigenvalue weighted by Crippen LogP contribution is 2.39. The van der Waals surface area contributed by atoms with E-state index >= 15 is 0 Å². The minimum atomic E-state index is -0.244. The van der Waals surface area contributed by atoms with Crippen LogP contribution in [0.4, 0.5) is 5.69 Å². The number of nitrogens with two attached hydrogens (primary N) is 1. The van der Waals surface area contributed by atoms with Crippen LogP contribution in [0.2, 0.25) is 0 Å². The van der Waals surface area contributed by atoms with Crippen LogP contribution in [0.15, 0.2) is 42.5 Å². The lowest BCUT2D eigenvalue weighted by Crippen LogP contribution is -2.21. The molecule has 0 fully saturated rings. The van der Waals surface area contributed by atoms with Gasteiger partial charge in [-0.3, -0.25) is 4.79 Å². The highest BCUT2D eigenvalue weighted by atomic mass is 16.5. The van der Waals surface area contributed by atoms with Crippen LogP contribution in [0.3, 0.4) is 0 Å². The largest absolute Gasteiger partial charge is 0.482 e. The van der Waals surface area contributed by atoms with Crippen LogP contribution in [0.25, 0.3) is 0 Å². The maximum atomic E-state index is 12.4. The van der Waals surface area contributed by atoms with Crippen LogP contribution < -0.4 is 10.5 Å². The zero-order chi connectivity index (χ0) is 14.1. The summed E-state index contributed by atoms with van der Waals surface area (Å²) in [5.74, 6) is 0.634. The third-order valence-electron chi connectivity index (χ3n) is 3.69. The summed E-state index contributed by atoms with van der Waals surface area (Å²) in [7, 11) is 0. The Labute approximate surface area is 118 Å². The lowest BCUT2D eigenvalue weighted by molar-refractivity contribution is 0.0851. The first-order chi connectivity index (χ1) is 9.69. The Morgan fingerprint density at radius 2 is 2.00 bits per heavy atom. The Balaban J connectivity index is 2.01. The highest BCUT2D eigenvalue weighted by Gasteiger charge is 2.29. The number of hydrogen-bond acceptors (Lipinski definition) is 3. The molecule has 3 rings (SSSR count). The molecule has 1 aliphatic rings. The Kier molecular flexibility index (Phi) is 3.18. The number of fused-ring (bicyclic) bond motifs is 1. The van der Waals surface area contributed by atoms with E-state index < -0.39 is 0 Å². The number of rotatable bonds is 2. The summed E-state index contributed by atoms with van der Waals surface area (Å²) in [4.78, 5) is 12.4. The Morgan fingerprint density at radius 3 is 2.70 bits per heavy atom. The van der Waals surface area contributed by atoms with Crippen LogP contribution in [0.1, 0.15) is 40.9 Å². The minimum absolute atomic E-state index is 0.0992. The summed E-state index contributed by atoms with van der Waals surface area (Å²) in [6, 6.07) is 13.6. The molecule has 1 heterocycles. The molecule has 1 atom stereocenters. The number of ketones is 1. The summed E-state index contributed by atoms with van der Waals surface area (Å²) < 4.78 is 5.97. The first kappa shape index (κ1) is 12.7. The van der Waals surface area contributed by atoms with Crippen molar-refractivity contribution in [3.05, 3.63) is 59.2 Å². The van der Waals surface area contributed by atoms with Crippen molar-refractivity contribution in [2.24, 2.45) is 0 Å². The molecule has 0 bridgehead atoms. The Morgan fingerprint density at radius 1 is 1.25 bits per heavy atom. The molecule has 0 aromatic heterocycles. The fourth-order valence-electron chi connectivity index (χ4n) is 2.57. The fourth-order valence-corrected chi connectivity index (χ4v) is 2.57. The van der Waals surface area contributed by atoms with Gasteiger partial charge in [-0.05, 0) is 29.7 Å². The second kappa shape index (κ2) is 5.00. The second-order valence-electron chi connectivity index (χ2n) is 5.06. The van der Waals surface area contributed by atoms with Gasteiger partial charge in [-0.15, -0.1) is 0 Å². The van der Waals surface area contributed by atoms with Gasteiger partial charge in [-0.1, -0.05) is 37.3 Å². The van der Waals surface area contributed by atoms with Crippen molar-refractivity contribution in [1.29, 1.82) is 0 Å². The smallest absolute Gasteiger partial charge is 0.170 e. The van der Waals surface area contributed by atoms with E-state index in [-0.39, 0.29) is 11.9 Å². The molecule has 3 nitrogen and oxygen atoms in total. The van der Waals surface area contributed by atoms with E-state index in [0.29, 0.717) is 23.4 Å². The van der Waals surface area contributed by atoms with Crippen LogP contribution >= 0.6 is 0 Å². The van der Waals surface area contributed by atoms with Crippen molar-refractivity contribution < 1.29 is 9.53 Å². The molecule has 0 saturated heterocycles. The van der Waals surface area contributed by atoms with Gasteiger partial charge in [0.15, 0.2) is 11.5 Å². The normalized spacial score (nSPS) is 17.4. The standard InChI is InChI=1S/C17H17NO2/c1-2-11-8-13-15(19)10-16(12-6-4-3-5-7-12)20-17(13)14(18)9-11/h3-9,16H,2,10,18H2,1H3. The summed E-state index contributed by atoms with van der Waals surface area (Å²) >= 11 is 0. The van der Waals surface area contributed by atoms with Crippen LogP contribution in [-0.2, 0) is 6.42 Å². The van der Waals surface area contributed by atoms with E-state index in [1.54, 1.807) is 0 Å². The molecule has 2 N–H and O–H groups in total. The van der Waals surface area contributed by atoms with Gasteiger partial charge in [0.2, 0.25) is 0 Å². The number of hydrogen-bond donors (Lipinski definition) is 1. The summed E-state index contributed by atoms with van der Waals surface area (Å²) in [6.07, 6.45) is 0.974. The van der Waals surface area contributed by atoms with Crippen molar-refractivity contribution in [1.82, 2.24) is 0 Å². The number of aryl methyl sites for hydroxylation is 1. The summed E-state index contributed by atoms with van der Waals surface area (Å²) in [5.41, 5.74) is 9.28. The number of carbonyl (C=O) groups excluding carboxylic acids is 1. The first-order valence-electron chi connectivity index (χ1n) is 6.86. The first-order valence-corrected chi connectivity index (χ1v) is 6.86. The molecule has 0 aliphatic carbocycles. The number of nitrogen functional groups attached to an aromatic ring is 1. The minimum Gasteiger partial charge on any atom is -0.482 e. The molecule has 0 radical (unpaired) electrons. The number of carbonyl (C=O) groups is 1. The topological polar surface area (TPSA) is 52.3 Å². The molecule has 1 unspecified atom stereocenters. The van der Waals surface area contributed by atoms with Gasteiger partial charge in [0, 0.05) is 0 Å². The number of ether oxygens (including phenoxy) is 1. The van der Waals surface area contributed by atoms with Crippen molar-refractivity contribution in [2.75, 3.05) is 5.73 Å². The summed E-state index contributed by atoms with van der Waals surface area (Å²) in [5, 5.41) is 0. The lowest BCUT2D eigenvalue weighted by atomic mass is 9.94. The molecule has 102 valence electrons. The predicted octanol–water partition coefficient (Wildman–Crippen LogP) is 3.54. The van der Waals surface area contributed by atoms with Crippen molar-refractivity contribution in [3.8, 4) is 5.75 Å². The van der Waals surface area contributed by atoms with E-state index in [1.165, 1.54) is 0 Å². The van der Waals surface area contributed by atoms with Gasteiger partial charge in [-0.25, -0.2) is 0 Å². The fraction of sp³-hybridized carbons (Fsp3) is 0.235. The highest BCUT2D eigenvalue weighted by molar-refractivity contribution is 6.01. The predicted molar refractivity (Wildman–Crippen MR) is 79.0 cm³/mol. The van der Waals surface area contributed by atoms with E-state index in [9.17, 15) is 4.79 Å². The monoisotopic (exact) mass is 267 g/mol. The van der Waals surface area contributed by atoms with Crippen molar-refractivity contribution in [2.45, 2.75) is 25.9 Å². The van der Waals surface area contributed by atoms with Gasteiger partial charge in [0.05, 0.1) is 17.7 Å². The van der Waals surface area contributed by atoms with Gasteiger partial charge < -0.3 is 10.5 Å². The van der Waals surface area contributed by atoms with Crippen molar-refractivity contribution >= 4 is 11.5 Å². The zero-order valence-electron chi connectivity index (χ0n) is 11.4. The van der Waals surface area contributed by atoms with Crippen LogP contribution in [0, 0.1) is 0 Å². The van der Waals surface area contributed by atoms with Crippen LogP contribution in [-0.4, -0.2) is 5.78 Å². The Hall–Kier alpha value is -2.29. The van der Waals surface area contributed by atoms with Crippen LogP contribution in [0.5, 0.6) is 5.75 Å². The van der Waals surface area contributed by atoms with E-state index in [4.69, 9.17) is 10.5 Å². The molecule has 20 heavy (non-hydrogen) atoms. The molecule has 3 heteroatoms. The van der Waals surface area contributed by atoms with Gasteiger partial charge in [-0.2, -0.15) is 0 Å². The maximum absolute atomic E-state index is 12.4. The Bertz CT molecular complexity index is 650. The zero-order valence-corrected chi connectivity index (χ0v) is 11.4. The quantitative estimate of drug-likeness (QED) is 0.847. The number of Topliss-reactive ketones (excluding diaryl/α,β-unsaturated/α-hetero) is 1. The van der Waals surface area contributed by atoms with E-state index in [2.05, 4.69) is 0 Å². The molecule has 0 saturated carbocycles. The molecule has 0 amide bonds. The number of benzene rings is 2. The lowest BCUT2D eigenvalue weighted by Gasteiger charge is -2.27. The van der Waals surface area contributed by atoms with E-state index in [0.717, 1.165) is 17.5 Å². The van der Waals surface area contributed by atoms with E-state index in [1.807, 2.05) is 49.4 Å². The number of anilines is 1. The maximum Gasteiger partial charge on any atom is 0.170 e. The van der Waals surface area contributed by atoms with Crippen molar-refractivity contribution in [3.63, 3.8) is 0 Å². The molecular weight excluding hydrogens is 250 g/mol. The average molecular weight is 267 g/mol. The molecule has 0 spiro atoms. The SMILES string of the molecule is CCc1cc(N)c2c(c1)C(=O)CC(c1ccccc1)O2. The van der Waals surface area contributed by atoms with Gasteiger partial charge >= 0.3 is 0 Å². The third kappa shape index (κ3) is 2.16. The third-order valence-corrected chi connectivity index (χ3v) is 3.69. The average Bonchev–Trinajstić information content (AvgIpc) is 2.48. The summed E-state index contributed by atoms with van der Waals surface area (Å²) in [6.45, 7) is 2.04. The molecule has 2 aromatic carbocycles. The molecule has 1 aliphatic heterocycles. The van der Waals surface area contributed by atoms with Gasteiger partial charge in [0.25, 0.3) is 0 Å². The van der Waals surface area contributed by atoms with Gasteiger partial charge in [0.1, 0.15) is 6.10 Å².